The van der Waals surface area contributed by atoms with Gasteiger partial charge < -0.3 is 0 Å². The third-order valence-corrected chi connectivity index (χ3v) is 2.05. The number of hydrogen-bond acceptors (Lipinski definition) is 2. The van der Waals surface area contributed by atoms with Crippen LogP contribution in [0.5, 0.6) is 0 Å². The van der Waals surface area contributed by atoms with E-state index in [0.29, 0.717) is 5.56 Å². The highest BCUT2D eigenvalue weighted by Gasteiger charge is 2.06. The Morgan fingerprint density at radius 1 is 1.20 bits per heavy atom. The maximum Gasteiger partial charge on any atom is 0.149 e. The Balaban J connectivity index is 2.58. The van der Waals surface area contributed by atoms with Crippen LogP contribution in [0.2, 0.25) is 0 Å². The van der Waals surface area contributed by atoms with Crippen molar-refractivity contribution in [2.24, 2.45) is 0 Å². The molecule has 0 aliphatic carbocycles. The number of halogens is 1. The lowest BCUT2D eigenvalue weighted by Gasteiger charge is -2.02. The average Bonchev–Trinajstić information content (AvgIpc) is 2.31. The van der Waals surface area contributed by atoms with E-state index >= 15 is 0 Å². The molecule has 1 aromatic carbocycles. The van der Waals surface area contributed by atoms with E-state index in [1.54, 1.807) is 12.1 Å². The fourth-order valence-electron chi connectivity index (χ4n) is 1.34. The summed E-state index contributed by atoms with van der Waals surface area (Å²) in [5, 5.41) is 8.66. The molecule has 1 heterocycles. The summed E-state index contributed by atoms with van der Waals surface area (Å²) in [6, 6.07) is 12.4. The molecule has 0 fully saturated rings. The quantitative estimate of drug-likeness (QED) is 0.706. The zero-order valence-corrected chi connectivity index (χ0v) is 7.81. The van der Waals surface area contributed by atoms with E-state index in [1.807, 2.05) is 24.3 Å². The van der Waals surface area contributed by atoms with Crippen LogP contribution in [0.1, 0.15) is 5.69 Å². The summed E-state index contributed by atoms with van der Waals surface area (Å²) in [4.78, 5) is 3.65. The lowest BCUT2D eigenvalue weighted by Crippen LogP contribution is -1.89. The minimum atomic E-state index is -0.416. The highest BCUT2D eigenvalue weighted by atomic mass is 19.1. The lowest BCUT2D eigenvalue weighted by atomic mass is 10.1. The van der Waals surface area contributed by atoms with Crippen molar-refractivity contribution in [2.75, 3.05) is 0 Å². The predicted molar refractivity (Wildman–Crippen MR) is 54.3 cm³/mol. The molecular formula is C12H7FN2. The van der Waals surface area contributed by atoms with Crippen molar-refractivity contribution in [3.8, 4) is 17.2 Å². The molecule has 72 valence electrons. The Morgan fingerprint density at radius 2 is 1.93 bits per heavy atom. The maximum absolute atomic E-state index is 13.4. The molecule has 0 spiro atoms. The number of pyridine rings is 1. The van der Waals surface area contributed by atoms with Crippen LogP contribution in [0, 0.1) is 17.1 Å². The van der Waals surface area contributed by atoms with E-state index in [4.69, 9.17) is 5.26 Å². The van der Waals surface area contributed by atoms with Crippen molar-refractivity contribution < 1.29 is 4.39 Å². The monoisotopic (exact) mass is 198 g/mol. The van der Waals surface area contributed by atoms with Gasteiger partial charge >= 0.3 is 0 Å². The van der Waals surface area contributed by atoms with E-state index in [1.165, 1.54) is 6.07 Å². The van der Waals surface area contributed by atoms with Crippen molar-refractivity contribution in [2.45, 2.75) is 0 Å². The Hall–Kier alpha value is -2.21. The molecule has 15 heavy (non-hydrogen) atoms. The van der Waals surface area contributed by atoms with E-state index in [2.05, 4.69) is 4.98 Å². The zero-order chi connectivity index (χ0) is 10.7. The molecule has 3 heteroatoms. The average molecular weight is 198 g/mol. The molecule has 1 aromatic heterocycles. The molecule has 0 N–H and O–H groups in total. The first kappa shape index (κ1) is 9.35. The highest BCUT2D eigenvalue weighted by Crippen LogP contribution is 2.22. The molecule has 0 aliphatic heterocycles. The third kappa shape index (κ3) is 1.84. The molecule has 0 radical (unpaired) electrons. The van der Waals surface area contributed by atoms with Crippen LogP contribution in [-0.4, -0.2) is 4.98 Å². The number of rotatable bonds is 1. The third-order valence-electron chi connectivity index (χ3n) is 2.05. The topological polar surface area (TPSA) is 36.7 Å². The second-order valence-corrected chi connectivity index (χ2v) is 3.03. The molecule has 0 bridgehead atoms. The number of nitrogens with zero attached hydrogens (tertiary/aromatic N) is 2. The van der Waals surface area contributed by atoms with Gasteiger partial charge in [0.05, 0.1) is 6.20 Å². The van der Waals surface area contributed by atoms with Gasteiger partial charge in [0.25, 0.3) is 0 Å². The summed E-state index contributed by atoms with van der Waals surface area (Å²) in [5.41, 5.74) is 1.37. The van der Waals surface area contributed by atoms with Crippen LogP contribution in [0.25, 0.3) is 11.1 Å². The van der Waals surface area contributed by atoms with E-state index in [9.17, 15) is 4.39 Å². The largest absolute Gasteiger partial charge is 0.242 e. The van der Waals surface area contributed by atoms with Gasteiger partial charge in [0.2, 0.25) is 0 Å². The van der Waals surface area contributed by atoms with E-state index in [0.717, 1.165) is 11.8 Å². The van der Waals surface area contributed by atoms with Gasteiger partial charge in [-0.25, -0.2) is 9.37 Å². The number of nitriles is 1. The standard InChI is InChI=1S/C12H7FN2/c13-12-8-15-10(7-14)6-11(12)9-4-2-1-3-5-9/h1-6,8H. The fourth-order valence-corrected chi connectivity index (χ4v) is 1.34. The first-order chi connectivity index (χ1) is 7.31. The molecule has 2 aromatic rings. The van der Waals surface area contributed by atoms with Crippen LogP contribution in [0.4, 0.5) is 4.39 Å². The van der Waals surface area contributed by atoms with Gasteiger partial charge in [0.1, 0.15) is 17.6 Å². The summed E-state index contributed by atoms with van der Waals surface area (Å²) in [7, 11) is 0. The molecular weight excluding hydrogens is 191 g/mol. The second kappa shape index (κ2) is 3.89. The second-order valence-electron chi connectivity index (χ2n) is 3.03. The molecule has 0 unspecified atom stereocenters. The van der Waals surface area contributed by atoms with Gasteiger partial charge in [0, 0.05) is 5.56 Å². The Morgan fingerprint density at radius 3 is 2.60 bits per heavy atom. The van der Waals surface area contributed by atoms with Crippen LogP contribution in [0.15, 0.2) is 42.6 Å². The van der Waals surface area contributed by atoms with Crippen LogP contribution in [0.3, 0.4) is 0 Å². The van der Waals surface area contributed by atoms with Crippen molar-refractivity contribution >= 4 is 0 Å². The van der Waals surface area contributed by atoms with Crippen LogP contribution in [-0.2, 0) is 0 Å². The molecule has 0 saturated heterocycles. The minimum absolute atomic E-state index is 0.218. The molecule has 0 atom stereocenters. The van der Waals surface area contributed by atoms with Gasteiger partial charge in [-0.05, 0) is 11.6 Å². The van der Waals surface area contributed by atoms with Gasteiger partial charge in [-0.2, -0.15) is 5.26 Å². The highest BCUT2D eigenvalue weighted by molar-refractivity contribution is 5.64. The molecule has 2 rings (SSSR count). The maximum atomic E-state index is 13.4. The zero-order valence-electron chi connectivity index (χ0n) is 7.81. The molecule has 0 aliphatic rings. The molecule has 0 saturated carbocycles. The SMILES string of the molecule is N#Cc1cc(-c2ccccc2)c(F)cn1. The van der Waals surface area contributed by atoms with Crippen LogP contribution < -0.4 is 0 Å². The van der Waals surface area contributed by atoms with Crippen molar-refractivity contribution in [1.82, 2.24) is 4.98 Å². The van der Waals surface area contributed by atoms with Crippen molar-refractivity contribution in [3.05, 3.63) is 54.1 Å². The number of hydrogen-bond donors (Lipinski definition) is 0. The van der Waals surface area contributed by atoms with Gasteiger partial charge in [-0.15, -0.1) is 0 Å². The first-order valence-electron chi connectivity index (χ1n) is 4.42. The Bertz CT molecular complexity index is 515. The number of benzene rings is 1. The summed E-state index contributed by atoms with van der Waals surface area (Å²) < 4.78 is 13.4. The lowest BCUT2D eigenvalue weighted by molar-refractivity contribution is 0.624. The smallest absolute Gasteiger partial charge is 0.149 e. The van der Waals surface area contributed by atoms with Crippen molar-refractivity contribution in [3.63, 3.8) is 0 Å². The van der Waals surface area contributed by atoms with Crippen LogP contribution >= 0.6 is 0 Å². The van der Waals surface area contributed by atoms with Gasteiger partial charge in [0.15, 0.2) is 0 Å². The molecule has 2 nitrogen and oxygen atoms in total. The predicted octanol–water partition coefficient (Wildman–Crippen LogP) is 2.76. The van der Waals surface area contributed by atoms with Crippen molar-refractivity contribution in [1.29, 1.82) is 5.26 Å². The van der Waals surface area contributed by atoms with Gasteiger partial charge in [-0.3, -0.25) is 0 Å². The minimum Gasteiger partial charge on any atom is -0.242 e. The summed E-state index contributed by atoms with van der Waals surface area (Å²) in [6.07, 6.45) is 1.07. The fraction of sp³-hybridized carbons (Fsp3) is 0. The number of aromatic nitrogens is 1. The summed E-state index contributed by atoms with van der Waals surface area (Å²) in [5.74, 6) is -0.416. The van der Waals surface area contributed by atoms with E-state index in [-0.39, 0.29) is 5.69 Å². The Kier molecular flexibility index (Phi) is 2.42. The molecule has 0 amide bonds. The summed E-state index contributed by atoms with van der Waals surface area (Å²) in [6.45, 7) is 0. The van der Waals surface area contributed by atoms with Gasteiger partial charge in [-0.1, -0.05) is 30.3 Å². The first-order valence-corrected chi connectivity index (χ1v) is 4.42. The normalized spacial score (nSPS) is 9.60. The van der Waals surface area contributed by atoms with E-state index < -0.39 is 5.82 Å². The summed E-state index contributed by atoms with van der Waals surface area (Å²) >= 11 is 0. The Labute approximate surface area is 86.6 Å².